The molecule has 0 saturated carbocycles. The lowest BCUT2D eigenvalue weighted by Crippen LogP contribution is -1.82. The maximum Gasteiger partial charge on any atom is 0.123 e. The number of halogens is 1. The Bertz CT molecular complexity index is 431. The summed E-state index contributed by atoms with van der Waals surface area (Å²) in [5, 5.41) is 1.03. The third-order valence-corrected chi connectivity index (χ3v) is 2.53. The molecule has 1 heterocycles. The van der Waals surface area contributed by atoms with Gasteiger partial charge in [0.05, 0.1) is 0 Å². The first-order chi connectivity index (χ1) is 6.81. The Labute approximate surface area is 82.9 Å². The van der Waals surface area contributed by atoms with E-state index in [-0.39, 0.29) is 5.82 Å². The van der Waals surface area contributed by atoms with Crippen molar-refractivity contribution in [3.8, 4) is 0 Å². The van der Waals surface area contributed by atoms with Crippen molar-refractivity contribution < 1.29 is 4.39 Å². The highest BCUT2D eigenvalue weighted by Gasteiger charge is 2.03. The van der Waals surface area contributed by atoms with Crippen molar-refractivity contribution in [3.63, 3.8) is 0 Å². The summed E-state index contributed by atoms with van der Waals surface area (Å²) in [6.07, 6.45) is 5.34. The number of H-pyrrole nitrogens is 1. The van der Waals surface area contributed by atoms with Crippen LogP contribution in [0.15, 0.2) is 24.4 Å². The molecule has 1 N–H and O–H groups in total. The standard InChI is InChI=1S/C12H14FN/c1-2-3-4-9-8-14-12-6-5-10(13)7-11(9)12/h5-8,14H,2-4H2,1H3. The van der Waals surface area contributed by atoms with Crippen LogP contribution in [0.4, 0.5) is 4.39 Å². The van der Waals surface area contributed by atoms with Gasteiger partial charge < -0.3 is 4.98 Å². The summed E-state index contributed by atoms with van der Waals surface area (Å²) in [5.74, 6) is -0.158. The molecule has 0 aliphatic carbocycles. The molecule has 0 unspecified atom stereocenters. The average Bonchev–Trinajstić information content (AvgIpc) is 2.57. The summed E-state index contributed by atoms with van der Waals surface area (Å²) in [6.45, 7) is 2.16. The molecule has 2 rings (SSSR count). The lowest BCUT2D eigenvalue weighted by atomic mass is 10.1. The van der Waals surface area contributed by atoms with Gasteiger partial charge in [-0.1, -0.05) is 13.3 Å². The van der Waals surface area contributed by atoms with Gasteiger partial charge in [-0.05, 0) is 36.6 Å². The minimum Gasteiger partial charge on any atom is -0.361 e. The Morgan fingerprint density at radius 3 is 3.00 bits per heavy atom. The summed E-state index contributed by atoms with van der Waals surface area (Å²) in [7, 11) is 0. The molecule has 0 bridgehead atoms. The molecule has 2 aromatic rings. The van der Waals surface area contributed by atoms with Crippen molar-refractivity contribution in [1.82, 2.24) is 4.98 Å². The molecule has 0 aliphatic heterocycles. The Balaban J connectivity index is 2.40. The van der Waals surface area contributed by atoms with Crippen LogP contribution in [0.2, 0.25) is 0 Å². The molecule has 0 atom stereocenters. The van der Waals surface area contributed by atoms with Crippen LogP contribution in [-0.2, 0) is 6.42 Å². The fourth-order valence-corrected chi connectivity index (χ4v) is 1.72. The van der Waals surface area contributed by atoms with E-state index in [0.717, 1.165) is 23.7 Å². The smallest absolute Gasteiger partial charge is 0.123 e. The molecular formula is C12H14FN. The molecule has 0 saturated heterocycles. The molecule has 0 spiro atoms. The second-order valence-corrected chi connectivity index (χ2v) is 3.61. The van der Waals surface area contributed by atoms with E-state index in [4.69, 9.17) is 0 Å². The van der Waals surface area contributed by atoms with Gasteiger partial charge in [0.15, 0.2) is 0 Å². The molecule has 0 radical (unpaired) electrons. The van der Waals surface area contributed by atoms with Crippen LogP contribution in [0.25, 0.3) is 10.9 Å². The average molecular weight is 191 g/mol. The van der Waals surface area contributed by atoms with Gasteiger partial charge in [-0.2, -0.15) is 0 Å². The summed E-state index contributed by atoms with van der Waals surface area (Å²) in [4.78, 5) is 3.16. The molecular weight excluding hydrogens is 177 g/mol. The van der Waals surface area contributed by atoms with E-state index in [2.05, 4.69) is 11.9 Å². The van der Waals surface area contributed by atoms with E-state index in [0.29, 0.717) is 0 Å². The molecule has 0 aliphatic rings. The quantitative estimate of drug-likeness (QED) is 0.762. The van der Waals surface area contributed by atoms with Crippen LogP contribution in [-0.4, -0.2) is 4.98 Å². The number of benzene rings is 1. The van der Waals surface area contributed by atoms with E-state index in [9.17, 15) is 4.39 Å². The molecule has 14 heavy (non-hydrogen) atoms. The normalized spacial score (nSPS) is 11.0. The number of hydrogen-bond donors (Lipinski definition) is 1. The van der Waals surface area contributed by atoms with Crippen LogP contribution < -0.4 is 0 Å². The van der Waals surface area contributed by atoms with Crippen molar-refractivity contribution in [3.05, 3.63) is 35.8 Å². The third-order valence-electron chi connectivity index (χ3n) is 2.53. The predicted molar refractivity (Wildman–Crippen MR) is 56.9 cm³/mol. The SMILES string of the molecule is CCCCc1c[nH]c2ccc(F)cc12. The van der Waals surface area contributed by atoms with E-state index in [1.807, 2.05) is 6.20 Å². The van der Waals surface area contributed by atoms with Gasteiger partial charge >= 0.3 is 0 Å². The highest BCUT2D eigenvalue weighted by molar-refractivity contribution is 5.83. The van der Waals surface area contributed by atoms with E-state index >= 15 is 0 Å². The topological polar surface area (TPSA) is 15.8 Å². The van der Waals surface area contributed by atoms with E-state index in [1.165, 1.54) is 18.1 Å². The Morgan fingerprint density at radius 2 is 2.21 bits per heavy atom. The number of fused-ring (bicyclic) bond motifs is 1. The molecule has 2 heteroatoms. The first-order valence-corrected chi connectivity index (χ1v) is 5.07. The fraction of sp³-hybridized carbons (Fsp3) is 0.333. The zero-order valence-electron chi connectivity index (χ0n) is 8.31. The molecule has 74 valence electrons. The number of unbranched alkanes of at least 4 members (excludes halogenated alkanes) is 1. The largest absolute Gasteiger partial charge is 0.361 e. The third kappa shape index (κ3) is 1.65. The van der Waals surface area contributed by atoms with Crippen LogP contribution in [0.5, 0.6) is 0 Å². The van der Waals surface area contributed by atoms with Crippen molar-refractivity contribution in [2.45, 2.75) is 26.2 Å². The summed E-state index contributed by atoms with van der Waals surface area (Å²) in [6, 6.07) is 4.89. The van der Waals surface area contributed by atoms with Gasteiger partial charge in [0.2, 0.25) is 0 Å². The van der Waals surface area contributed by atoms with Crippen LogP contribution in [0, 0.1) is 5.82 Å². The molecule has 0 amide bonds. The maximum atomic E-state index is 13.0. The van der Waals surface area contributed by atoms with Crippen LogP contribution in [0.3, 0.4) is 0 Å². The van der Waals surface area contributed by atoms with Gasteiger partial charge in [-0.25, -0.2) is 4.39 Å². The number of aromatic nitrogens is 1. The predicted octanol–water partition coefficient (Wildman–Crippen LogP) is 3.65. The molecule has 1 nitrogen and oxygen atoms in total. The van der Waals surface area contributed by atoms with Gasteiger partial charge in [0, 0.05) is 17.1 Å². The van der Waals surface area contributed by atoms with Gasteiger partial charge in [0.25, 0.3) is 0 Å². The second kappa shape index (κ2) is 3.82. The lowest BCUT2D eigenvalue weighted by molar-refractivity contribution is 0.629. The first kappa shape index (κ1) is 9.25. The zero-order chi connectivity index (χ0) is 9.97. The van der Waals surface area contributed by atoms with E-state index < -0.39 is 0 Å². The fourth-order valence-electron chi connectivity index (χ4n) is 1.72. The molecule has 0 fully saturated rings. The number of aryl methyl sites for hydroxylation is 1. The summed E-state index contributed by atoms with van der Waals surface area (Å²) < 4.78 is 13.0. The Morgan fingerprint density at radius 1 is 1.36 bits per heavy atom. The number of nitrogens with one attached hydrogen (secondary N) is 1. The highest BCUT2D eigenvalue weighted by atomic mass is 19.1. The van der Waals surface area contributed by atoms with Gasteiger partial charge in [-0.3, -0.25) is 0 Å². The number of aromatic amines is 1. The molecule has 1 aromatic heterocycles. The minimum atomic E-state index is -0.158. The maximum absolute atomic E-state index is 13.0. The van der Waals surface area contributed by atoms with Crippen molar-refractivity contribution in [1.29, 1.82) is 0 Å². The van der Waals surface area contributed by atoms with Crippen molar-refractivity contribution >= 4 is 10.9 Å². The Hall–Kier alpha value is -1.31. The monoisotopic (exact) mass is 191 g/mol. The van der Waals surface area contributed by atoms with Crippen molar-refractivity contribution in [2.75, 3.05) is 0 Å². The van der Waals surface area contributed by atoms with Gasteiger partial charge in [-0.15, -0.1) is 0 Å². The second-order valence-electron chi connectivity index (χ2n) is 3.61. The van der Waals surface area contributed by atoms with Crippen LogP contribution in [0.1, 0.15) is 25.3 Å². The minimum absolute atomic E-state index is 0.158. The first-order valence-electron chi connectivity index (χ1n) is 5.07. The lowest BCUT2D eigenvalue weighted by Gasteiger charge is -1.97. The van der Waals surface area contributed by atoms with Crippen LogP contribution >= 0.6 is 0 Å². The number of rotatable bonds is 3. The highest BCUT2D eigenvalue weighted by Crippen LogP contribution is 2.20. The zero-order valence-corrected chi connectivity index (χ0v) is 8.31. The van der Waals surface area contributed by atoms with E-state index in [1.54, 1.807) is 12.1 Å². The number of hydrogen-bond acceptors (Lipinski definition) is 0. The summed E-state index contributed by atoms with van der Waals surface area (Å²) >= 11 is 0. The Kier molecular flexibility index (Phi) is 2.53. The summed E-state index contributed by atoms with van der Waals surface area (Å²) in [5.41, 5.74) is 2.25. The van der Waals surface area contributed by atoms with Gasteiger partial charge in [0.1, 0.15) is 5.82 Å². The van der Waals surface area contributed by atoms with Crippen molar-refractivity contribution in [2.24, 2.45) is 0 Å². The molecule has 1 aromatic carbocycles.